The van der Waals surface area contributed by atoms with Crippen LogP contribution in [0.5, 0.6) is 0 Å². The number of aryl methyl sites for hydroxylation is 1. The van der Waals surface area contributed by atoms with Crippen LogP contribution in [0.1, 0.15) is 47.5 Å². The Morgan fingerprint density at radius 3 is 2.55 bits per heavy atom. The Hall–Kier alpha value is -2.10. The zero-order chi connectivity index (χ0) is 13.9. The standard InChI is InChI=1S/C16H19N3O/c1-19-11-14(10-17-19)16(20)18-15-8-6-13(7-9-15)12-4-2-3-5-12/h6-12H,2-5H2,1H3,(H,18,20). The van der Waals surface area contributed by atoms with Gasteiger partial charge in [0.1, 0.15) is 0 Å². The number of hydrogen-bond acceptors (Lipinski definition) is 2. The Morgan fingerprint density at radius 2 is 1.95 bits per heavy atom. The van der Waals surface area contributed by atoms with Gasteiger partial charge in [-0.25, -0.2) is 0 Å². The molecular formula is C16H19N3O. The molecule has 1 N–H and O–H groups in total. The summed E-state index contributed by atoms with van der Waals surface area (Å²) in [6.07, 6.45) is 8.54. The molecule has 0 saturated heterocycles. The van der Waals surface area contributed by atoms with E-state index in [1.165, 1.54) is 31.2 Å². The first kappa shape index (κ1) is 12.9. The van der Waals surface area contributed by atoms with E-state index in [1.807, 2.05) is 12.1 Å². The second kappa shape index (κ2) is 5.49. The largest absolute Gasteiger partial charge is 0.322 e. The van der Waals surface area contributed by atoms with Gasteiger partial charge in [-0.15, -0.1) is 0 Å². The van der Waals surface area contributed by atoms with Crippen LogP contribution in [0.15, 0.2) is 36.7 Å². The van der Waals surface area contributed by atoms with E-state index in [-0.39, 0.29) is 5.91 Å². The van der Waals surface area contributed by atoms with Gasteiger partial charge in [-0.1, -0.05) is 25.0 Å². The molecule has 3 rings (SSSR count). The highest BCUT2D eigenvalue weighted by Crippen LogP contribution is 2.34. The van der Waals surface area contributed by atoms with Crippen LogP contribution in [0, 0.1) is 0 Å². The highest BCUT2D eigenvalue weighted by atomic mass is 16.1. The second-order valence-corrected chi connectivity index (χ2v) is 5.46. The van der Waals surface area contributed by atoms with Crippen LogP contribution >= 0.6 is 0 Å². The van der Waals surface area contributed by atoms with Crippen molar-refractivity contribution in [3.63, 3.8) is 0 Å². The van der Waals surface area contributed by atoms with Gasteiger partial charge in [-0.2, -0.15) is 5.10 Å². The molecule has 0 atom stereocenters. The van der Waals surface area contributed by atoms with Crippen LogP contribution < -0.4 is 5.32 Å². The Labute approximate surface area is 118 Å². The Kier molecular flexibility index (Phi) is 3.54. The molecule has 0 spiro atoms. The third-order valence-corrected chi connectivity index (χ3v) is 3.96. The molecule has 1 aliphatic rings. The maximum absolute atomic E-state index is 12.0. The highest BCUT2D eigenvalue weighted by molar-refractivity contribution is 6.03. The molecule has 1 fully saturated rings. The lowest BCUT2D eigenvalue weighted by Gasteiger charge is -2.10. The maximum atomic E-state index is 12.0. The number of amides is 1. The van der Waals surface area contributed by atoms with E-state index >= 15 is 0 Å². The third kappa shape index (κ3) is 2.74. The summed E-state index contributed by atoms with van der Waals surface area (Å²) in [4.78, 5) is 12.0. The SMILES string of the molecule is Cn1cc(C(=O)Nc2ccc(C3CCCC3)cc2)cn1. The van der Waals surface area contributed by atoms with Crippen LogP contribution in [-0.4, -0.2) is 15.7 Å². The molecule has 0 radical (unpaired) electrons. The minimum absolute atomic E-state index is 0.119. The molecule has 0 unspecified atom stereocenters. The van der Waals surface area contributed by atoms with Crippen LogP contribution in [0.4, 0.5) is 5.69 Å². The smallest absolute Gasteiger partial charge is 0.258 e. The van der Waals surface area contributed by atoms with Crippen molar-refractivity contribution in [2.75, 3.05) is 5.32 Å². The fraction of sp³-hybridized carbons (Fsp3) is 0.375. The molecular weight excluding hydrogens is 250 g/mol. The van der Waals surface area contributed by atoms with Crippen LogP contribution in [0.2, 0.25) is 0 Å². The number of nitrogens with zero attached hydrogens (tertiary/aromatic N) is 2. The third-order valence-electron chi connectivity index (χ3n) is 3.96. The second-order valence-electron chi connectivity index (χ2n) is 5.46. The Morgan fingerprint density at radius 1 is 1.25 bits per heavy atom. The van der Waals surface area contributed by atoms with Gasteiger partial charge in [0, 0.05) is 18.9 Å². The summed E-state index contributed by atoms with van der Waals surface area (Å²) in [5.74, 6) is 0.588. The normalized spacial score (nSPS) is 15.4. The molecule has 20 heavy (non-hydrogen) atoms. The van der Waals surface area contributed by atoms with Gasteiger partial charge in [0.25, 0.3) is 5.91 Å². The zero-order valence-electron chi connectivity index (χ0n) is 11.7. The van der Waals surface area contributed by atoms with Crippen LogP contribution in [-0.2, 0) is 7.05 Å². The van der Waals surface area contributed by atoms with Crippen molar-refractivity contribution in [2.45, 2.75) is 31.6 Å². The minimum atomic E-state index is -0.119. The fourth-order valence-electron chi connectivity index (χ4n) is 2.84. The summed E-state index contributed by atoms with van der Waals surface area (Å²) in [7, 11) is 1.80. The lowest BCUT2D eigenvalue weighted by molar-refractivity contribution is 0.102. The molecule has 4 nitrogen and oxygen atoms in total. The summed E-state index contributed by atoms with van der Waals surface area (Å²) in [6, 6.07) is 8.24. The van der Waals surface area contributed by atoms with Gasteiger partial charge in [0.2, 0.25) is 0 Å². The molecule has 1 amide bonds. The predicted octanol–water partition coefficient (Wildman–Crippen LogP) is 3.33. The number of anilines is 1. The van der Waals surface area contributed by atoms with Crippen molar-refractivity contribution in [3.8, 4) is 0 Å². The molecule has 4 heteroatoms. The van der Waals surface area contributed by atoms with E-state index < -0.39 is 0 Å². The molecule has 0 aliphatic heterocycles. The quantitative estimate of drug-likeness (QED) is 0.929. The van der Waals surface area contributed by atoms with E-state index in [4.69, 9.17) is 0 Å². The molecule has 1 saturated carbocycles. The minimum Gasteiger partial charge on any atom is -0.322 e. The zero-order valence-corrected chi connectivity index (χ0v) is 11.7. The number of carbonyl (C=O) groups excluding carboxylic acids is 1. The lowest BCUT2D eigenvalue weighted by Crippen LogP contribution is -2.11. The maximum Gasteiger partial charge on any atom is 0.258 e. The number of carbonyl (C=O) groups is 1. The molecule has 1 aromatic heterocycles. The first-order valence-electron chi connectivity index (χ1n) is 7.12. The van der Waals surface area contributed by atoms with Gasteiger partial charge in [-0.3, -0.25) is 9.48 Å². The average molecular weight is 269 g/mol. The Bertz CT molecular complexity index is 594. The number of nitrogens with one attached hydrogen (secondary N) is 1. The number of benzene rings is 1. The van der Waals surface area contributed by atoms with E-state index in [0.717, 1.165) is 5.69 Å². The summed E-state index contributed by atoms with van der Waals surface area (Å²) in [6.45, 7) is 0. The topological polar surface area (TPSA) is 46.9 Å². The van der Waals surface area contributed by atoms with Gasteiger partial charge >= 0.3 is 0 Å². The highest BCUT2D eigenvalue weighted by Gasteiger charge is 2.16. The average Bonchev–Trinajstić information content (AvgIpc) is 3.10. The van der Waals surface area contributed by atoms with Crippen molar-refractivity contribution in [2.24, 2.45) is 7.05 Å². The van der Waals surface area contributed by atoms with Crippen molar-refractivity contribution >= 4 is 11.6 Å². The molecule has 0 bridgehead atoms. The van der Waals surface area contributed by atoms with E-state index in [1.54, 1.807) is 24.1 Å². The Balaban J connectivity index is 1.67. The van der Waals surface area contributed by atoms with E-state index in [9.17, 15) is 4.79 Å². The molecule has 1 aromatic carbocycles. The van der Waals surface area contributed by atoms with Crippen LogP contribution in [0.3, 0.4) is 0 Å². The summed E-state index contributed by atoms with van der Waals surface area (Å²) < 4.78 is 1.62. The lowest BCUT2D eigenvalue weighted by atomic mass is 9.97. The molecule has 1 aliphatic carbocycles. The van der Waals surface area contributed by atoms with Crippen molar-refractivity contribution in [1.29, 1.82) is 0 Å². The first-order chi connectivity index (χ1) is 9.72. The number of rotatable bonds is 3. The summed E-state index contributed by atoms with van der Waals surface area (Å²) in [5.41, 5.74) is 2.80. The number of hydrogen-bond donors (Lipinski definition) is 1. The number of aromatic nitrogens is 2. The van der Waals surface area contributed by atoms with Gasteiger partial charge in [-0.05, 0) is 36.5 Å². The van der Waals surface area contributed by atoms with E-state index in [2.05, 4.69) is 22.5 Å². The van der Waals surface area contributed by atoms with Gasteiger partial charge in [0.05, 0.1) is 11.8 Å². The monoisotopic (exact) mass is 269 g/mol. The van der Waals surface area contributed by atoms with Crippen molar-refractivity contribution in [1.82, 2.24) is 9.78 Å². The van der Waals surface area contributed by atoms with Gasteiger partial charge < -0.3 is 5.32 Å². The van der Waals surface area contributed by atoms with Crippen molar-refractivity contribution < 1.29 is 4.79 Å². The molecule has 104 valence electrons. The first-order valence-corrected chi connectivity index (χ1v) is 7.12. The van der Waals surface area contributed by atoms with Crippen LogP contribution in [0.25, 0.3) is 0 Å². The molecule has 2 aromatic rings. The fourth-order valence-corrected chi connectivity index (χ4v) is 2.84. The summed E-state index contributed by atoms with van der Waals surface area (Å²) >= 11 is 0. The van der Waals surface area contributed by atoms with E-state index in [0.29, 0.717) is 11.5 Å². The molecule has 1 heterocycles. The predicted molar refractivity (Wildman–Crippen MR) is 78.8 cm³/mol. The van der Waals surface area contributed by atoms with Crippen molar-refractivity contribution in [3.05, 3.63) is 47.8 Å². The van der Waals surface area contributed by atoms with Gasteiger partial charge in [0.15, 0.2) is 0 Å². The summed E-state index contributed by atoms with van der Waals surface area (Å²) in [5, 5.41) is 6.90.